The average Bonchev–Trinajstić information content (AvgIpc) is 3.12. The molecular weight excluding hydrogens is 685 g/mol. The van der Waals surface area contributed by atoms with Crippen molar-refractivity contribution in [3.8, 4) is 0 Å². The molecule has 0 aliphatic rings. The lowest BCUT2D eigenvalue weighted by Crippen LogP contribution is -2.34. The maximum absolute atomic E-state index is 12.5. The lowest BCUT2D eigenvalue weighted by atomic mass is 10.0. The van der Waals surface area contributed by atoms with Gasteiger partial charge < -0.3 is 25.2 Å². The molecule has 0 aliphatic heterocycles. The quantitative estimate of drug-likeness (QED) is 0.0241. The molecule has 0 rings (SSSR count). The Bertz CT molecular complexity index is 1070. The number of carboxylic acid groups (broad SMARTS) is 1. The molecular formula is C40H70NO10P. The number of phosphoric acid groups is 1. The van der Waals surface area contributed by atoms with Crippen LogP contribution >= 0.6 is 7.82 Å². The van der Waals surface area contributed by atoms with Crippen molar-refractivity contribution < 1.29 is 47.5 Å². The van der Waals surface area contributed by atoms with Crippen LogP contribution in [0.3, 0.4) is 0 Å². The Kier molecular flexibility index (Phi) is 33.7. The number of carbonyl (C=O) groups is 3. The lowest BCUT2D eigenvalue weighted by Gasteiger charge is -2.20. The summed E-state index contributed by atoms with van der Waals surface area (Å²) in [6, 6.07) is -1.53. The maximum Gasteiger partial charge on any atom is 0.472 e. The van der Waals surface area contributed by atoms with Crippen LogP contribution in [0.4, 0.5) is 0 Å². The molecule has 0 bridgehead atoms. The number of hydrogen-bond donors (Lipinski definition) is 3. The van der Waals surface area contributed by atoms with Crippen LogP contribution in [0.25, 0.3) is 0 Å². The van der Waals surface area contributed by atoms with E-state index in [1.807, 2.05) is 18.2 Å². The van der Waals surface area contributed by atoms with Crippen molar-refractivity contribution in [1.82, 2.24) is 0 Å². The van der Waals surface area contributed by atoms with E-state index in [2.05, 4.69) is 48.8 Å². The summed E-state index contributed by atoms with van der Waals surface area (Å²) < 4.78 is 32.5. The molecule has 0 saturated carbocycles. The van der Waals surface area contributed by atoms with E-state index in [0.29, 0.717) is 12.8 Å². The first-order chi connectivity index (χ1) is 25.1. The molecule has 0 amide bonds. The SMILES string of the molecule is CC/C=C\C/C=C\C/C=C\C/C=C\CCC(=O)OC(COC(=O)CCCCCCCCCCCCCCCCC)COP(=O)(O)OCC(N)C(=O)O. The smallest absolute Gasteiger partial charge is 0.472 e. The minimum Gasteiger partial charge on any atom is -0.480 e. The number of hydrogen-bond acceptors (Lipinski definition) is 9. The number of allylic oxidation sites excluding steroid dienone is 8. The largest absolute Gasteiger partial charge is 0.480 e. The van der Waals surface area contributed by atoms with Gasteiger partial charge >= 0.3 is 25.7 Å². The molecule has 0 aromatic heterocycles. The Morgan fingerprint density at radius 3 is 1.58 bits per heavy atom. The van der Waals surface area contributed by atoms with Gasteiger partial charge in [0.15, 0.2) is 6.10 Å². The molecule has 4 N–H and O–H groups in total. The van der Waals surface area contributed by atoms with Crippen molar-refractivity contribution in [2.45, 2.75) is 167 Å². The first-order valence-corrected chi connectivity index (χ1v) is 21.2. The van der Waals surface area contributed by atoms with Crippen LogP contribution in [0.15, 0.2) is 48.6 Å². The van der Waals surface area contributed by atoms with Gasteiger partial charge in [-0.3, -0.25) is 23.4 Å². The summed E-state index contributed by atoms with van der Waals surface area (Å²) in [7, 11) is -4.73. The van der Waals surface area contributed by atoms with Gasteiger partial charge in [-0.25, -0.2) is 4.57 Å². The van der Waals surface area contributed by atoms with Crippen molar-refractivity contribution in [3.63, 3.8) is 0 Å². The summed E-state index contributed by atoms with van der Waals surface area (Å²) in [6.07, 6.45) is 37.7. The van der Waals surface area contributed by atoms with Gasteiger partial charge in [0.1, 0.15) is 12.6 Å². The molecule has 0 aliphatic carbocycles. The molecule has 0 heterocycles. The van der Waals surface area contributed by atoms with Gasteiger partial charge in [0.25, 0.3) is 0 Å². The van der Waals surface area contributed by atoms with E-state index in [-0.39, 0.29) is 19.4 Å². The van der Waals surface area contributed by atoms with Gasteiger partial charge in [-0.1, -0.05) is 152 Å². The Labute approximate surface area is 314 Å². The van der Waals surface area contributed by atoms with Crippen LogP contribution in [0, 0.1) is 0 Å². The predicted molar refractivity (Wildman–Crippen MR) is 208 cm³/mol. The molecule has 12 heteroatoms. The summed E-state index contributed by atoms with van der Waals surface area (Å²) in [6.45, 7) is 2.60. The van der Waals surface area contributed by atoms with E-state index in [0.717, 1.165) is 44.9 Å². The molecule has 0 fully saturated rings. The molecule has 3 atom stereocenters. The van der Waals surface area contributed by atoms with Crippen LogP contribution in [-0.2, 0) is 37.5 Å². The first kappa shape index (κ1) is 49.4. The zero-order valence-electron chi connectivity index (χ0n) is 32.1. The van der Waals surface area contributed by atoms with Crippen molar-refractivity contribution in [2.24, 2.45) is 5.73 Å². The predicted octanol–water partition coefficient (Wildman–Crippen LogP) is 9.83. The molecule has 0 saturated heterocycles. The zero-order valence-corrected chi connectivity index (χ0v) is 33.0. The fraction of sp³-hybridized carbons (Fsp3) is 0.725. The molecule has 52 heavy (non-hydrogen) atoms. The highest BCUT2D eigenvalue weighted by atomic mass is 31.2. The molecule has 0 radical (unpaired) electrons. The second kappa shape index (κ2) is 35.5. The van der Waals surface area contributed by atoms with Crippen LogP contribution in [-0.4, -0.2) is 59.9 Å². The highest BCUT2D eigenvalue weighted by Gasteiger charge is 2.28. The van der Waals surface area contributed by atoms with Gasteiger partial charge in [0.2, 0.25) is 0 Å². The number of carboxylic acids is 1. The van der Waals surface area contributed by atoms with Gasteiger partial charge in [0, 0.05) is 12.8 Å². The highest BCUT2D eigenvalue weighted by molar-refractivity contribution is 7.47. The second-order valence-corrected chi connectivity index (χ2v) is 14.5. The number of phosphoric ester groups is 1. The highest BCUT2D eigenvalue weighted by Crippen LogP contribution is 2.43. The third-order valence-corrected chi connectivity index (χ3v) is 9.06. The maximum atomic E-state index is 12.5. The normalized spacial score (nSPS) is 14.4. The molecule has 0 spiro atoms. The number of unbranched alkanes of at least 4 members (excludes halogenated alkanes) is 14. The molecule has 0 aromatic carbocycles. The minimum atomic E-state index is -4.73. The van der Waals surface area contributed by atoms with E-state index >= 15 is 0 Å². The van der Waals surface area contributed by atoms with E-state index in [4.69, 9.17) is 24.8 Å². The van der Waals surface area contributed by atoms with Gasteiger partial charge in [-0.15, -0.1) is 0 Å². The van der Waals surface area contributed by atoms with Crippen molar-refractivity contribution >= 4 is 25.7 Å². The third kappa shape index (κ3) is 34.5. The molecule has 11 nitrogen and oxygen atoms in total. The summed E-state index contributed by atoms with van der Waals surface area (Å²) in [5, 5.41) is 8.86. The second-order valence-electron chi connectivity index (χ2n) is 13.0. The fourth-order valence-corrected chi connectivity index (χ4v) is 5.80. The summed E-state index contributed by atoms with van der Waals surface area (Å²) in [5.74, 6) is -2.48. The van der Waals surface area contributed by atoms with E-state index in [9.17, 15) is 23.8 Å². The van der Waals surface area contributed by atoms with Crippen LogP contribution < -0.4 is 5.73 Å². The monoisotopic (exact) mass is 755 g/mol. The fourth-order valence-electron chi connectivity index (χ4n) is 5.02. The van der Waals surface area contributed by atoms with Gasteiger partial charge in [0.05, 0.1) is 13.2 Å². The number of ether oxygens (including phenoxy) is 2. The first-order valence-electron chi connectivity index (χ1n) is 19.7. The van der Waals surface area contributed by atoms with E-state index < -0.39 is 51.1 Å². The lowest BCUT2D eigenvalue weighted by molar-refractivity contribution is -0.161. The summed E-state index contributed by atoms with van der Waals surface area (Å²) in [4.78, 5) is 45.7. The van der Waals surface area contributed by atoms with Crippen molar-refractivity contribution in [3.05, 3.63) is 48.6 Å². The number of nitrogens with two attached hydrogens (primary N) is 1. The molecule has 3 unspecified atom stereocenters. The summed E-state index contributed by atoms with van der Waals surface area (Å²) >= 11 is 0. The average molecular weight is 756 g/mol. The Balaban J connectivity index is 4.50. The van der Waals surface area contributed by atoms with E-state index in [1.54, 1.807) is 0 Å². The molecule has 0 aromatic rings. The summed E-state index contributed by atoms with van der Waals surface area (Å²) in [5.41, 5.74) is 5.31. The van der Waals surface area contributed by atoms with Gasteiger partial charge in [-0.2, -0.15) is 0 Å². The van der Waals surface area contributed by atoms with Gasteiger partial charge in [-0.05, 0) is 38.5 Å². The van der Waals surface area contributed by atoms with Crippen LogP contribution in [0.2, 0.25) is 0 Å². The topological polar surface area (TPSA) is 172 Å². The van der Waals surface area contributed by atoms with Crippen molar-refractivity contribution in [1.29, 1.82) is 0 Å². The zero-order chi connectivity index (χ0) is 38.5. The Morgan fingerprint density at radius 2 is 1.08 bits per heavy atom. The number of esters is 2. The Hall–Kier alpha value is -2.56. The van der Waals surface area contributed by atoms with Crippen molar-refractivity contribution in [2.75, 3.05) is 19.8 Å². The van der Waals surface area contributed by atoms with Crippen LogP contribution in [0.5, 0.6) is 0 Å². The number of carbonyl (C=O) groups excluding carboxylic acids is 2. The van der Waals surface area contributed by atoms with Crippen LogP contribution in [0.1, 0.15) is 155 Å². The number of aliphatic carboxylic acids is 1. The molecule has 300 valence electrons. The van der Waals surface area contributed by atoms with E-state index in [1.165, 1.54) is 70.6 Å². The Morgan fingerprint density at radius 1 is 0.615 bits per heavy atom. The minimum absolute atomic E-state index is 0.0402. The standard InChI is InChI=1S/C40H70NO10P/c1-3-5-7-9-11-13-15-17-18-20-21-23-25-27-29-31-38(42)48-33-36(34-49-52(46,47)50-35-37(41)40(44)45)51-39(43)32-30-28-26-24-22-19-16-14-12-10-8-6-4-2/h6,8,12,14,19,22,26,28,36-37H,3-5,7,9-11,13,15-18,20-21,23-25,27,29-35,41H2,1-2H3,(H,44,45)(H,46,47)/b8-6-,14-12-,22-19-,28-26-. The number of rotatable bonds is 36. The third-order valence-electron chi connectivity index (χ3n) is 8.10.